The second kappa shape index (κ2) is 23.0. The van der Waals surface area contributed by atoms with Gasteiger partial charge in [0, 0.05) is 18.0 Å². The first-order valence-electron chi connectivity index (χ1n) is 13.2. The van der Waals surface area contributed by atoms with Crippen molar-refractivity contribution in [2.45, 2.75) is 12.8 Å². The lowest BCUT2D eigenvalue weighted by Gasteiger charge is -2.42. The largest absolute Gasteiger partial charge is 0.481 e. The number of aliphatic carboxylic acids is 2. The molecule has 238 valence electrons. The van der Waals surface area contributed by atoms with Crippen LogP contribution >= 0.6 is 0 Å². The highest BCUT2D eigenvalue weighted by atomic mass is 16.5. The van der Waals surface area contributed by atoms with Crippen LogP contribution in [0.15, 0.2) is 5.11 Å². The zero-order valence-electron chi connectivity index (χ0n) is 23.5. The van der Waals surface area contributed by atoms with Gasteiger partial charge in [-0.1, -0.05) is 5.11 Å². The summed E-state index contributed by atoms with van der Waals surface area (Å²) in [7, 11) is 0. The lowest BCUT2D eigenvalue weighted by Crippen LogP contribution is -2.61. The van der Waals surface area contributed by atoms with E-state index in [-0.39, 0.29) is 111 Å². The average molecular weight is 605 g/mol. The van der Waals surface area contributed by atoms with E-state index < -0.39 is 24.4 Å². The molecule has 4 N–H and O–H groups in total. The van der Waals surface area contributed by atoms with Gasteiger partial charge in [-0.15, -0.1) is 0 Å². The van der Waals surface area contributed by atoms with Crippen LogP contribution in [-0.2, 0) is 42.9 Å². The Balaban J connectivity index is 2.39. The van der Waals surface area contributed by atoms with Crippen molar-refractivity contribution in [2.24, 2.45) is 5.11 Å². The normalized spacial score (nSPS) is 13.1. The molecule has 0 aliphatic carbocycles. The molecule has 42 heavy (non-hydrogen) atoms. The van der Waals surface area contributed by atoms with Gasteiger partial charge in [-0.25, -0.2) is 0 Å². The first-order chi connectivity index (χ1) is 20.2. The Morgan fingerprint density at radius 2 is 1.02 bits per heavy atom. The third-order valence-corrected chi connectivity index (χ3v) is 5.41. The molecule has 0 bridgehead atoms. The Labute approximate surface area is 242 Å². The fraction of sp³-hybridized carbons (Fsp3) is 0.783. The van der Waals surface area contributed by atoms with Gasteiger partial charge in [0.2, 0.25) is 17.7 Å². The van der Waals surface area contributed by atoms with E-state index in [4.69, 9.17) is 34.7 Å². The molecule has 1 rings (SSSR count). The van der Waals surface area contributed by atoms with Gasteiger partial charge in [0.1, 0.15) is 6.54 Å². The van der Waals surface area contributed by atoms with Gasteiger partial charge in [0.25, 0.3) is 0 Å². The van der Waals surface area contributed by atoms with Gasteiger partial charge in [-0.2, -0.15) is 0 Å². The molecule has 0 unspecified atom stereocenters. The highest BCUT2D eigenvalue weighted by molar-refractivity contribution is 5.84. The summed E-state index contributed by atoms with van der Waals surface area (Å²) in [5.74, 6) is -3.15. The molecule has 0 aromatic carbocycles. The number of hydrogen-bond acceptors (Lipinski definition) is 12. The van der Waals surface area contributed by atoms with Gasteiger partial charge >= 0.3 is 11.9 Å². The maximum atomic E-state index is 12.8. The summed E-state index contributed by atoms with van der Waals surface area (Å²) in [4.78, 5) is 65.3. The van der Waals surface area contributed by atoms with Crippen molar-refractivity contribution >= 4 is 29.7 Å². The van der Waals surface area contributed by atoms with Crippen LogP contribution < -0.4 is 10.6 Å². The number of carbonyl (C=O) groups excluding carboxylic acids is 3. The molecule has 0 spiro atoms. The Kier molecular flexibility index (Phi) is 20.0. The van der Waals surface area contributed by atoms with Crippen LogP contribution in [0.5, 0.6) is 0 Å². The first kappa shape index (κ1) is 36.4. The molecule has 1 fully saturated rings. The fourth-order valence-corrected chi connectivity index (χ4v) is 3.28. The monoisotopic (exact) mass is 604 g/mol. The molecule has 0 atom stereocenters. The van der Waals surface area contributed by atoms with Crippen molar-refractivity contribution in [3.63, 3.8) is 0 Å². The summed E-state index contributed by atoms with van der Waals surface area (Å²) in [5.41, 5.74) is 8.52. The van der Waals surface area contributed by atoms with Crippen molar-refractivity contribution < 1.29 is 53.1 Å². The molecule has 0 aromatic heterocycles. The number of amides is 3. The third-order valence-electron chi connectivity index (χ3n) is 5.41. The van der Waals surface area contributed by atoms with E-state index in [1.165, 1.54) is 14.7 Å². The lowest BCUT2D eigenvalue weighted by molar-refractivity contribution is -0.157. The molecule has 0 saturated carbocycles. The minimum absolute atomic E-state index is 0.0410. The van der Waals surface area contributed by atoms with E-state index >= 15 is 0 Å². The maximum Gasteiger partial charge on any atom is 0.305 e. The van der Waals surface area contributed by atoms with E-state index in [2.05, 4.69) is 20.7 Å². The molecule has 19 nitrogen and oxygen atoms in total. The summed E-state index contributed by atoms with van der Waals surface area (Å²) >= 11 is 0. The molecule has 19 heteroatoms. The Bertz CT molecular complexity index is 850. The predicted octanol–water partition coefficient (Wildman–Crippen LogP) is -2.14. The summed E-state index contributed by atoms with van der Waals surface area (Å²) in [6.07, 6.45) is -0.168. The topological polar surface area (TPSA) is 245 Å². The first-order valence-corrected chi connectivity index (χ1v) is 13.2. The lowest BCUT2D eigenvalue weighted by atomic mass is 10.4. The molecular formula is C23H40N8O11. The number of hydrogen-bond donors (Lipinski definition) is 4. The Morgan fingerprint density at radius 3 is 1.40 bits per heavy atom. The highest BCUT2D eigenvalue weighted by Crippen LogP contribution is 2.09. The number of ether oxygens (including phenoxy) is 4. The summed E-state index contributed by atoms with van der Waals surface area (Å²) in [5, 5.41) is 26.2. The van der Waals surface area contributed by atoms with Crippen LogP contribution in [-0.4, -0.2) is 160 Å². The number of rotatable bonds is 24. The maximum absolute atomic E-state index is 12.8. The van der Waals surface area contributed by atoms with Crippen LogP contribution in [0.3, 0.4) is 0 Å². The number of carbonyl (C=O) groups is 5. The average Bonchev–Trinajstić information content (AvgIpc) is 2.96. The molecule has 1 saturated heterocycles. The van der Waals surface area contributed by atoms with E-state index in [1.807, 2.05) is 0 Å². The summed E-state index contributed by atoms with van der Waals surface area (Å²) in [6.45, 7) is 1.68. The summed E-state index contributed by atoms with van der Waals surface area (Å²) in [6, 6.07) is 0. The molecular weight excluding hydrogens is 564 g/mol. The molecule has 1 aliphatic heterocycles. The van der Waals surface area contributed by atoms with Gasteiger partial charge < -0.3 is 54.5 Å². The van der Waals surface area contributed by atoms with Crippen molar-refractivity contribution in [1.29, 1.82) is 0 Å². The van der Waals surface area contributed by atoms with Gasteiger partial charge in [-0.05, 0) is 5.53 Å². The number of azide groups is 1. The second-order valence-corrected chi connectivity index (χ2v) is 8.70. The Morgan fingerprint density at radius 1 is 0.643 bits per heavy atom. The van der Waals surface area contributed by atoms with Crippen LogP contribution in [0.2, 0.25) is 0 Å². The number of nitrogens with zero attached hydrogens (tertiary/aromatic N) is 6. The summed E-state index contributed by atoms with van der Waals surface area (Å²) < 4.78 is 20.9. The van der Waals surface area contributed by atoms with Crippen LogP contribution in [0.4, 0.5) is 0 Å². The van der Waals surface area contributed by atoms with Crippen molar-refractivity contribution in [1.82, 2.24) is 25.3 Å². The van der Waals surface area contributed by atoms with E-state index in [1.54, 1.807) is 0 Å². The number of carboxylic acids is 2. The van der Waals surface area contributed by atoms with E-state index in [0.717, 1.165) is 0 Å². The molecule has 1 aliphatic rings. The van der Waals surface area contributed by atoms with E-state index in [0.29, 0.717) is 13.1 Å². The highest BCUT2D eigenvalue weighted by Gasteiger charge is 2.31. The van der Waals surface area contributed by atoms with Crippen LogP contribution in [0.1, 0.15) is 12.8 Å². The molecule has 3 amide bonds. The number of nitrogens with one attached hydrogen (secondary N) is 2. The molecule has 0 aromatic rings. The number of carboxylic acid groups (broad SMARTS) is 2. The Hall–Kier alpha value is -3.58. The fourth-order valence-electron chi connectivity index (χ4n) is 3.28. The van der Waals surface area contributed by atoms with E-state index in [9.17, 15) is 24.0 Å². The predicted molar refractivity (Wildman–Crippen MR) is 143 cm³/mol. The van der Waals surface area contributed by atoms with Gasteiger partial charge in [0.05, 0.1) is 98.8 Å². The second-order valence-electron chi connectivity index (χ2n) is 8.70. The van der Waals surface area contributed by atoms with Crippen molar-refractivity contribution in [3.05, 3.63) is 10.4 Å². The molecule has 1 heterocycles. The SMILES string of the molecule is [N-]=[N+]=NCC(=O)N1CN(C(=O)CNCCOCCOCCC(=O)O)CN(C(=O)CNCCOCCOCCC(=O)O)C1. The minimum atomic E-state index is -0.942. The quantitative estimate of drug-likeness (QED) is 0.0398. The van der Waals surface area contributed by atoms with Crippen molar-refractivity contribution in [3.8, 4) is 0 Å². The van der Waals surface area contributed by atoms with Gasteiger partial charge in [-0.3, -0.25) is 24.0 Å². The smallest absolute Gasteiger partial charge is 0.305 e. The van der Waals surface area contributed by atoms with Crippen molar-refractivity contribution in [2.75, 3.05) is 106 Å². The zero-order chi connectivity index (χ0) is 31.0. The van der Waals surface area contributed by atoms with Crippen LogP contribution in [0.25, 0.3) is 10.4 Å². The van der Waals surface area contributed by atoms with Gasteiger partial charge in [0.15, 0.2) is 0 Å². The standard InChI is InChI=1S/C23H40N8O11/c24-28-27-15-21(34)31-17-29(19(32)13-25-3-7-41-11-9-39-5-1-22(35)36)16-30(18-31)20(33)14-26-4-8-42-12-10-40-6-2-23(37)38/h25-26H,1-18H2,(H,35,36)(H,37,38). The third kappa shape index (κ3) is 18.0. The molecule has 0 radical (unpaired) electrons. The minimum Gasteiger partial charge on any atom is -0.481 e. The van der Waals surface area contributed by atoms with Crippen LogP contribution in [0, 0.1) is 0 Å². The zero-order valence-corrected chi connectivity index (χ0v) is 23.5.